The van der Waals surface area contributed by atoms with Crippen molar-refractivity contribution in [2.45, 2.75) is 169 Å². The summed E-state index contributed by atoms with van der Waals surface area (Å²) in [5.74, 6) is -0.747. The highest BCUT2D eigenvalue weighted by Gasteiger charge is 2.76. The van der Waals surface area contributed by atoms with Crippen LogP contribution < -0.4 is 0 Å². The van der Waals surface area contributed by atoms with Crippen LogP contribution in [0.4, 0.5) is 0 Å². The molecule has 14 atom stereocenters. The third-order valence-electron chi connectivity index (χ3n) is 15.9. The number of fused-ring (bicyclic) bond motifs is 2. The van der Waals surface area contributed by atoms with E-state index in [0.717, 1.165) is 25.7 Å². The highest BCUT2D eigenvalue weighted by atomic mass is 16.7. The van der Waals surface area contributed by atoms with Crippen LogP contribution in [0.5, 0.6) is 0 Å². The predicted octanol–water partition coefficient (Wildman–Crippen LogP) is 7.06. The van der Waals surface area contributed by atoms with Crippen molar-refractivity contribution in [3.63, 3.8) is 0 Å². The van der Waals surface area contributed by atoms with Gasteiger partial charge in [0.2, 0.25) is 0 Å². The van der Waals surface area contributed by atoms with Crippen molar-refractivity contribution in [3.8, 4) is 0 Å². The fraction of sp³-hybridized carbons (Fsp3) is 0.822. The lowest BCUT2D eigenvalue weighted by molar-refractivity contribution is -0.333. The van der Waals surface area contributed by atoms with E-state index < -0.39 is 71.7 Å². The van der Waals surface area contributed by atoms with Gasteiger partial charge in [-0.3, -0.25) is 19.2 Å². The van der Waals surface area contributed by atoms with Gasteiger partial charge in [-0.25, -0.2) is 0 Å². The van der Waals surface area contributed by atoms with Gasteiger partial charge < -0.3 is 37.9 Å². The Hall–Kier alpha value is -2.80. The van der Waals surface area contributed by atoms with Gasteiger partial charge in [-0.1, -0.05) is 58.9 Å². The van der Waals surface area contributed by atoms with Crippen LogP contribution in [0, 0.1) is 45.3 Å². The molecule has 12 nitrogen and oxygen atoms in total. The summed E-state index contributed by atoms with van der Waals surface area (Å²) in [7, 11) is 1.76. The maximum atomic E-state index is 12.5. The van der Waals surface area contributed by atoms with Gasteiger partial charge in [0.1, 0.15) is 12.7 Å². The molecule has 1 spiro atoms. The van der Waals surface area contributed by atoms with Crippen molar-refractivity contribution in [2.75, 3.05) is 20.3 Å². The summed E-state index contributed by atoms with van der Waals surface area (Å²) in [5, 5.41) is 0. The van der Waals surface area contributed by atoms with Crippen molar-refractivity contribution in [1.82, 2.24) is 0 Å². The summed E-state index contributed by atoms with van der Waals surface area (Å²) in [4.78, 5) is 49.2. The van der Waals surface area contributed by atoms with Crippen LogP contribution in [0.15, 0.2) is 24.3 Å². The Balaban J connectivity index is 1.28. The van der Waals surface area contributed by atoms with E-state index in [1.54, 1.807) is 7.11 Å². The number of allylic oxidation sites excluding steroid dienone is 2. The Labute approximate surface area is 339 Å². The van der Waals surface area contributed by atoms with Crippen LogP contribution in [0.2, 0.25) is 0 Å². The van der Waals surface area contributed by atoms with Gasteiger partial charge in [0.15, 0.2) is 24.6 Å². The molecule has 0 aromatic carbocycles. The molecule has 3 saturated carbocycles. The Kier molecular flexibility index (Phi) is 12.0. The topological polar surface area (TPSA) is 142 Å². The van der Waals surface area contributed by atoms with Gasteiger partial charge in [-0.2, -0.15) is 0 Å². The standard InChI is InChI=1S/C45H68O12/c1-26(14-13-19-40(6,7)50-12)31-17-20-43(11)33-18-21-45-34(44(33,25-52-45)23-22-42(31,43)10)15-16-35(41(45,8)9)57-39-38(55-30(5)49)37(54-29(4)48)36(53-28(3)47)32(56-39)24-51-27(2)46/h13,18-19,21,26,31-39H,14-17,20,22-25H2,1-12H3/b19-13+/t26-,31-,32-,33+,34+,35+,36-,37-,38-,39+,42-,43+,44+,45-/m1/s1. The molecule has 4 aliphatic carbocycles. The first-order valence-corrected chi connectivity index (χ1v) is 21.1. The predicted molar refractivity (Wildman–Crippen MR) is 209 cm³/mol. The number of ether oxygens (including phenoxy) is 8. The maximum Gasteiger partial charge on any atom is 0.303 e. The SMILES string of the molecule is COC(C)(C)/C=C/C[C@@H](C)[C@H]1CC[C@@]2(C)[C@@H]3C=C[C@@]45OC[C@]3(CC[C@]12C)[C@@H]4CC[C@H](O[C@@H]1O[C@H](COC(C)=O)[C@@H](OC(C)=O)[C@@H](OC(C)=O)[C@H]1OC(C)=O)C5(C)C. The Bertz CT molecular complexity index is 1620. The lowest BCUT2D eigenvalue weighted by Gasteiger charge is -2.65. The van der Waals surface area contributed by atoms with E-state index in [4.69, 9.17) is 37.9 Å². The summed E-state index contributed by atoms with van der Waals surface area (Å²) in [6.45, 7) is 21.4. The van der Waals surface area contributed by atoms with E-state index in [-0.39, 0.29) is 34.4 Å². The fourth-order valence-electron chi connectivity index (χ4n) is 12.7. The summed E-state index contributed by atoms with van der Waals surface area (Å²) in [6.07, 6.45) is 10.1. The highest BCUT2D eigenvalue weighted by Crippen LogP contribution is 2.77. The quantitative estimate of drug-likeness (QED) is 0.113. The normalized spacial score (nSPS) is 42.4. The molecule has 2 bridgehead atoms. The molecular formula is C45H68O12. The number of methoxy groups -OCH3 is 1. The van der Waals surface area contributed by atoms with Gasteiger partial charge >= 0.3 is 23.9 Å². The molecule has 2 aliphatic heterocycles. The largest absolute Gasteiger partial charge is 0.463 e. The second-order valence-corrected chi connectivity index (χ2v) is 19.6. The average Bonchev–Trinajstić information content (AvgIpc) is 3.51. The minimum absolute atomic E-state index is 0.000181. The van der Waals surface area contributed by atoms with E-state index in [0.29, 0.717) is 30.8 Å². The molecule has 0 amide bonds. The van der Waals surface area contributed by atoms with Gasteiger partial charge in [0, 0.05) is 51.6 Å². The summed E-state index contributed by atoms with van der Waals surface area (Å²) >= 11 is 0. The first-order chi connectivity index (χ1) is 26.6. The van der Waals surface area contributed by atoms with Gasteiger partial charge in [-0.15, -0.1) is 0 Å². The van der Waals surface area contributed by atoms with E-state index in [1.807, 2.05) is 0 Å². The van der Waals surface area contributed by atoms with Crippen molar-refractivity contribution >= 4 is 23.9 Å². The van der Waals surface area contributed by atoms with Crippen molar-refractivity contribution in [3.05, 3.63) is 24.3 Å². The molecule has 6 aliphatic rings. The number of carbonyl (C=O) groups excluding carboxylic acids is 4. The molecule has 6 rings (SSSR count). The van der Waals surface area contributed by atoms with E-state index in [2.05, 4.69) is 72.8 Å². The molecule has 0 unspecified atom stereocenters. The molecule has 320 valence electrons. The van der Waals surface area contributed by atoms with Gasteiger partial charge in [0.25, 0.3) is 0 Å². The molecule has 2 saturated heterocycles. The molecule has 0 aromatic rings. The number of rotatable bonds is 12. The third kappa shape index (κ3) is 7.41. The first kappa shape index (κ1) is 43.8. The summed E-state index contributed by atoms with van der Waals surface area (Å²) in [5.41, 5.74) is -1.13. The molecule has 12 heteroatoms. The second kappa shape index (κ2) is 15.7. The molecular weight excluding hydrogens is 732 g/mol. The zero-order valence-electron chi connectivity index (χ0n) is 36.3. The molecule has 0 aromatic heterocycles. The molecule has 57 heavy (non-hydrogen) atoms. The third-order valence-corrected chi connectivity index (χ3v) is 15.9. The fourth-order valence-corrected chi connectivity index (χ4v) is 12.7. The Morgan fingerprint density at radius 2 is 1.49 bits per heavy atom. The minimum atomic E-state index is -1.29. The number of hydrogen-bond donors (Lipinski definition) is 0. The smallest absolute Gasteiger partial charge is 0.303 e. The lowest BCUT2D eigenvalue weighted by atomic mass is 9.38. The van der Waals surface area contributed by atoms with Crippen LogP contribution in [0.3, 0.4) is 0 Å². The monoisotopic (exact) mass is 800 g/mol. The maximum absolute atomic E-state index is 12.5. The van der Waals surface area contributed by atoms with Crippen molar-refractivity contribution in [2.24, 2.45) is 45.3 Å². The van der Waals surface area contributed by atoms with Crippen LogP contribution >= 0.6 is 0 Å². The second-order valence-electron chi connectivity index (χ2n) is 19.6. The van der Waals surface area contributed by atoms with Crippen LogP contribution in [0.1, 0.15) is 121 Å². The zero-order chi connectivity index (χ0) is 41.9. The van der Waals surface area contributed by atoms with Gasteiger partial charge in [0.05, 0.1) is 23.9 Å². The molecule has 0 N–H and O–H groups in total. The van der Waals surface area contributed by atoms with Gasteiger partial charge in [-0.05, 0) is 87.4 Å². The zero-order valence-corrected chi connectivity index (χ0v) is 36.3. The molecule has 5 fully saturated rings. The summed E-state index contributed by atoms with van der Waals surface area (Å²) in [6, 6.07) is 0. The number of esters is 4. The summed E-state index contributed by atoms with van der Waals surface area (Å²) < 4.78 is 48.5. The van der Waals surface area contributed by atoms with Crippen LogP contribution in [-0.2, 0) is 57.1 Å². The van der Waals surface area contributed by atoms with E-state index in [1.165, 1.54) is 40.5 Å². The lowest BCUT2D eigenvalue weighted by Crippen LogP contribution is -2.67. The van der Waals surface area contributed by atoms with Crippen molar-refractivity contribution < 1.29 is 57.1 Å². The van der Waals surface area contributed by atoms with Crippen LogP contribution in [0.25, 0.3) is 0 Å². The van der Waals surface area contributed by atoms with Crippen LogP contribution in [-0.4, -0.2) is 92.2 Å². The average molecular weight is 801 g/mol. The van der Waals surface area contributed by atoms with Crippen molar-refractivity contribution in [1.29, 1.82) is 0 Å². The highest BCUT2D eigenvalue weighted by molar-refractivity contribution is 5.68. The van der Waals surface area contributed by atoms with E-state index >= 15 is 0 Å². The first-order valence-electron chi connectivity index (χ1n) is 21.1. The molecule has 2 heterocycles. The number of hydrogen-bond acceptors (Lipinski definition) is 12. The molecule has 0 radical (unpaired) electrons. The Morgan fingerprint density at radius 3 is 2.12 bits per heavy atom. The Morgan fingerprint density at radius 1 is 0.842 bits per heavy atom. The van der Waals surface area contributed by atoms with E-state index in [9.17, 15) is 19.2 Å². The number of carbonyl (C=O) groups is 4. The minimum Gasteiger partial charge on any atom is -0.463 e.